The van der Waals surface area contributed by atoms with Crippen LogP contribution in [0.5, 0.6) is 5.88 Å². The van der Waals surface area contributed by atoms with Gasteiger partial charge in [0.15, 0.2) is 5.82 Å². The maximum Gasteiger partial charge on any atom is 0.322 e. The first-order valence-corrected chi connectivity index (χ1v) is 9.09. The van der Waals surface area contributed by atoms with E-state index < -0.39 is 5.82 Å². The molecule has 3 aromatic rings. The largest absolute Gasteiger partial charge is 0.474 e. The normalized spacial score (nSPS) is 12.7. The minimum Gasteiger partial charge on any atom is -0.474 e. The molecule has 1 aromatic carbocycles. The van der Waals surface area contributed by atoms with Gasteiger partial charge >= 0.3 is 6.03 Å². The highest BCUT2D eigenvalue weighted by molar-refractivity contribution is 5.99. The Balaban J connectivity index is 1.85. The van der Waals surface area contributed by atoms with Gasteiger partial charge in [-0.3, -0.25) is 5.32 Å². The molecule has 9 heteroatoms. The zero-order valence-corrected chi connectivity index (χ0v) is 16.3. The number of carbonyl (C=O) groups excluding carboxylic acids is 1. The number of fused-ring (bicyclic) bond motifs is 2. The number of anilines is 3. The molecule has 0 saturated carbocycles. The summed E-state index contributed by atoms with van der Waals surface area (Å²) in [5.41, 5.74) is 8.58. The first-order chi connectivity index (χ1) is 13.9. The fraction of sp³-hybridized carbons (Fsp3) is 0.250. The number of carbonyl (C=O) groups is 1. The molecular formula is C20H21FN6O2. The Kier molecular flexibility index (Phi) is 4.57. The van der Waals surface area contributed by atoms with E-state index in [4.69, 9.17) is 10.5 Å². The molecule has 4 N–H and O–H groups in total. The van der Waals surface area contributed by atoms with Crippen molar-refractivity contribution in [2.75, 3.05) is 43.6 Å². The van der Waals surface area contributed by atoms with Gasteiger partial charge in [0.25, 0.3) is 0 Å². The van der Waals surface area contributed by atoms with E-state index in [0.717, 1.165) is 11.3 Å². The van der Waals surface area contributed by atoms with Crippen LogP contribution in [0.15, 0.2) is 24.5 Å². The van der Waals surface area contributed by atoms with Crippen molar-refractivity contribution >= 4 is 34.0 Å². The molecule has 4 rings (SSSR count). The van der Waals surface area contributed by atoms with Crippen molar-refractivity contribution in [3.8, 4) is 17.0 Å². The van der Waals surface area contributed by atoms with Crippen molar-refractivity contribution in [3.05, 3.63) is 35.9 Å². The zero-order chi connectivity index (χ0) is 20.7. The number of urea groups is 1. The molecule has 0 spiro atoms. The molecule has 1 aliphatic heterocycles. The summed E-state index contributed by atoms with van der Waals surface area (Å²) in [4.78, 5) is 21.8. The van der Waals surface area contributed by atoms with Crippen LogP contribution in [0.3, 0.4) is 0 Å². The molecule has 0 unspecified atom stereocenters. The van der Waals surface area contributed by atoms with Crippen molar-refractivity contribution in [2.24, 2.45) is 0 Å². The smallest absolute Gasteiger partial charge is 0.322 e. The van der Waals surface area contributed by atoms with Crippen molar-refractivity contribution in [1.82, 2.24) is 14.9 Å². The predicted molar refractivity (Wildman–Crippen MR) is 111 cm³/mol. The number of rotatable bonds is 2. The minimum absolute atomic E-state index is 0.00295. The van der Waals surface area contributed by atoms with Crippen LogP contribution >= 0.6 is 0 Å². The van der Waals surface area contributed by atoms with Gasteiger partial charge in [-0.2, -0.15) is 0 Å². The molecule has 0 atom stereocenters. The highest BCUT2D eigenvalue weighted by Crippen LogP contribution is 2.39. The number of aromatic nitrogens is 2. The summed E-state index contributed by atoms with van der Waals surface area (Å²) >= 11 is 0. The van der Waals surface area contributed by atoms with Crippen LogP contribution in [0.4, 0.5) is 26.4 Å². The number of hydrogen-bond donors (Lipinski definition) is 3. The van der Waals surface area contributed by atoms with Gasteiger partial charge in [-0.25, -0.2) is 19.2 Å². The average molecular weight is 396 g/mol. The number of ether oxygens (including phenoxy) is 1. The lowest BCUT2D eigenvalue weighted by Gasteiger charge is -2.22. The Bertz CT molecular complexity index is 1130. The van der Waals surface area contributed by atoms with Crippen LogP contribution in [-0.2, 0) is 0 Å². The zero-order valence-electron chi connectivity index (χ0n) is 16.3. The van der Waals surface area contributed by atoms with Crippen LogP contribution in [0.2, 0.25) is 0 Å². The van der Waals surface area contributed by atoms with Crippen molar-refractivity contribution in [2.45, 2.75) is 6.92 Å². The van der Waals surface area contributed by atoms with Gasteiger partial charge < -0.3 is 20.7 Å². The van der Waals surface area contributed by atoms with Gasteiger partial charge in [-0.15, -0.1) is 0 Å². The first kappa shape index (κ1) is 18.7. The van der Waals surface area contributed by atoms with Crippen LogP contribution in [0, 0.1) is 12.7 Å². The van der Waals surface area contributed by atoms with E-state index in [0.29, 0.717) is 46.7 Å². The van der Waals surface area contributed by atoms with Crippen molar-refractivity contribution in [3.63, 3.8) is 0 Å². The fourth-order valence-corrected chi connectivity index (χ4v) is 3.28. The van der Waals surface area contributed by atoms with E-state index in [1.807, 2.05) is 6.92 Å². The van der Waals surface area contributed by atoms with Gasteiger partial charge in [0.2, 0.25) is 5.88 Å². The highest BCUT2D eigenvalue weighted by Gasteiger charge is 2.21. The molecule has 0 fully saturated rings. The number of hydrogen-bond acceptors (Lipinski definition) is 6. The molecule has 0 saturated heterocycles. The Labute approximate surface area is 166 Å². The molecule has 0 radical (unpaired) electrons. The quantitative estimate of drug-likeness (QED) is 0.575. The van der Waals surface area contributed by atoms with Crippen LogP contribution in [0.25, 0.3) is 21.9 Å². The standard InChI is InChI=1S/C20H21FN6O2/c1-10-13(8-25-19-18(10)23-4-5-29-19)12-6-11-7-15(26-20(28)27(2)3)24-9-14(11)17(22)16(12)21/h6-9,23H,4-5,22H2,1-3H3,(H,24,26,28). The molecule has 8 nitrogen and oxygen atoms in total. The maximum atomic E-state index is 15.1. The van der Waals surface area contributed by atoms with Gasteiger partial charge in [-0.05, 0) is 30.0 Å². The Hall–Kier alpha value is -3.62. The Morgan fingerprint density at radius 3 is 2.83 bits per heavy atom. The number of halogens is 1. The summed E-state index contributed by atoms with van der Waals surface area (Å²) in [5, 5.41) is 7.06. The lowest BCUT2D eigenvalue weighted by Crippen LogP contribution is -2.27. The van der Waals surface area contributed by atoms with Gasteiger partial charge in [0.1, 0.15) is 18.1 Å². The van der Waals surface area contributed by atoms with E-state index in [9.17, 15) is 4.79 Å². The van der Waals surface area contributed by atoms with Crippen molar-refractivity contribution in [1.29, 1.82) is 0 Å². The molecule has 0 aliphatic carbocycles. The molecule has 29 heavy (non-hydrogen) atoms. The molecular weight excluding hydrogens is 375 g/mol. The van der Waals surface area contributed by atoms with E-state index in [-0.39, 0.29) is 11.7 Å². The molecule has 0 bridgehead atoms. The minimum atomic E-state index is -0.536. The lowest BCUT2D eigenvalue weighted by molar-refractivity contribution is 0.230. The first-order valence-electron chi connectivity index (χ1n) is 9.09. The second-order valence-corrected chi connectivity index (χ2v) is 7.02. The maximum absolute atomic E-state index is 15.1. The van der Waals surface area contributed by atoms with E-state index >= 15 is 4.39 Å². The molecule has 3 heterocycles. The number of benzene rings is 1. The number of amides is 2. The molecule has 150 valence electrons. The number of nitrogens with one attached hydrogen (secondary N) is 2. The highest BCUT2D eigenvalue weighted by atomic mass is 19.1. The summed E-state index contributed by atoms with van der Waals surface area (Å²) in [6.45, 7) is 3.07. The number of pyridine rings is 2. The van der Waals surface area contributed by atoms with E-state index in [1.165, 1.54) is 11.1 Å². The summed E-state index contributed by atoms with van der Waals surface area (Å²) in [6.07, 6.45) is 3.04. The topological polar surface area (TPSA) is 105 Å². The van der Waals surface area contributed by atoms with Gasteiger partial charge in [0, 0.05) is 49.5 Å². The monoisotopic (exact) mass is 396 g/mol. The second kappa shape index (κ2) is 7.08. The van der Waals surface area contributed by atoms with Crippen molar-refractivity contribution < 1.29 is 13.9 Å². The number of nitrogens with two attached hydrogens (primary N) is 1. The SMILES string of the molecule is Cc1c(-c2cc3cc(NC(=O)N(C)C)ncc3c(N)c2F)cnc2c1NCCO2. The number of nitrogens with zero attached hydrogens (tertiary/aromatic N) is 3. The molecule has 2 amide bonds. The Morgan fingerprint density at radius 2 is 2.07 bits per heavy atom. The van der Waals surface area contributed by atoms with Crippen LogP contribution in [-0.4, -0.2) is 48.1 Å². The molecule has 1 aliphatic rings. The summed E-state index contributed by atoms with van der Waals surface area (Å²) in [7, 11) is 3.26. The number of nitrogen functional groups attached to an aromatic ring is 1. The average Bonchev–Trinajstić information content (AvgIpc) is 2.71. The third-order valence-corrected chi connectivity index (χ3v) is 4.88. The third-order valence-electron chi connectivity index (χ3n) is 4.88. The Morgan fingerprint density at radius 1 is 1.28 bits per heavy atom. The van der Waals surface area contributed by atoms with Crippen LogP contribution < -0.4 is 21.1 Å². The van der Waals surface area contributed by atoms with E-state index in [2.05, 4.69) is 20.6 Å². The van der Waals surface area contributed by atoms with E-state index in [1.54, 1.807) is 32.4 Å². The fourth-order valence-electron chi connectivity index (χ4n) is 3.28. The molecule has 2 aromatic heterocycles. The summed E-state index contributed by atoms with van der Waals surface area (Å²) < 4.78 is 20.7. The van der Waals surface area contributed by atoms with Gasteiger partial charge in [-0.1, -0.05) is 0 Å². The second-order valence-electron chi connectivity index (χ2n) is 7.02. The predicted octanol–water partition coefficient (Wildman–Crippen LogP) is 3.22. The summed E-state index contributed by atoms with van der Waals surface area (Å²) in [6, 6.07) is 3.04. The van der Waals surface area contributed by atoms with Gasteiger partial charge in [0.05, 0.1) is 5.69 Å². The lowest BCUT2D eigenvalue weighted by atomic mass is 9.97. The van der Waals surface area contributed by atoms with Crippen LogP contribution in [0.1, 0.15) is 5.56 Å². The third kappa shape index (κ3) is 3.24. The summed E-state index contributed by atoms with van der Waals surface area (Å²) in [5.74, 6) is 0.319.